The van der Waals surface area contributed by atoms with Gasteiger partial charge in [0.15, 0.2) is 0 Å². The maximum absolute atomic E-state index is 14.5. The minimum absolute atomic E-state index is 0.0766. The molecular weight excluding hydrogens is 651 g/mol. The van der Waals surface area contributed by atoms with E-state index in [1.165, 1.54) is 22.9 Å². The molecule has 3 aliphatic rings. The van der Waals surface area contributed by atoms with Crippen LogP contribution in [0.15, 0.2) is 121 Å². The molecule has 5 aromatic rings. The van der Waals surface area contributed by atoms with E-state index in [9.17, 15) is 14.4 Å². The Morgan fingerprint density at radius 1 is 0.769 bits per heavy atom. The number of carbonyl (C=O) groups is 3. The summed E-state index contributed by atoms with van der Waals surface area (Å²) >= 11 is 0. The first-order chi connectivity index (χ1) is 25.4. The van der Waals surface area contributed by atoms with Gasteiger partial charge >= 0.3 is 6.03 Å². The highest BCUT2D eigenvalue weighted by molar-refractivity contribution is 6.39. The summed E-state index contributed by atoms with van der Waals surface area (Å²) in [6, 6.07) is 37.2. The molecule has 0 aromatic heterocycles. The Bertz CT molecular complexity index is 2140. The van der Waals surface area contributed by atoms with Gasteiger partial charge in [-0.2, -0.15) is 0 Å². The van der Waals surface area contributed by atoms with Crippen molar-refractivity contribution in [3.63, 3.8) is 0 Å². The van der Waals surface area contributed by atoms with Gasteiger partial charge in [-0.05, 0) is 77.9 Å². The molecule has 0 bridgehead atoms. The molecule has 2 atom stereocenters. The Hall–Kier alpha value is -6.15. The summed E-state index contributed by atoms with van der Waals surface area (Å²) in [6.07, 6.45) is 3.30. The first-order valence-corrected chi connectivity index (χ1v) is 17.7. The molecule has 0 saturated carbocycles. The summed E-state index contributed by atoms with van der Waals surface area (Å²) in [5, 5.41) is 2.44. The van der Waals surface area contributed by atoms with E-state index in [1.54, 1.807) is 25.3 Å². The number of ether oxygens (including phenoxy) is 2. The molecule has 5 aromatic carbocycles. The summed E-state index contributed by atoms with van der Waals surface area (Å²) in [5.41, 5.74) is 8.56. The van der Waals surface area contributed by atoms with Crippen LogP contribution in [0.5, 0.6) is 11.5 Å². The van der Waals surface area contributed by atoms with Gasteiger partial charge in [0.25, 0.3) is 11.8 Å². The number of hydrogen-bond acceptors (Lipinski definition) is 6. The highest BCUT2D eigenvalue weighted by Crippen LogP contribution is 2.50. The number of nitrogens with one attached hydrogen (secondary N) is 1. The third-order valence-electron chi connectivity index (χ3n) is 10.4. The molecule has 52 heavy (non-hydrogen) atoms. The summed E-state index contributed by atoms with van der Waals surface area (Å²) in [5.74, 6) is -0.304. The molecule has 8 heteroatoms. The molecule has 4 amide bonds. The SMILES string of the molecule is COc1ccc(/C=C2\C(=O)NC(=O)N(c3cc4c5c(c3)[C@H](c3ccccc3)CCN5CC[C@H]4c3ccccc3)C2=O)c(OCc2cccc(C)c2)c1. The van der Waals surface area contributed by atoms with Crippen LogP contribution in [-0.2, 0) is 16.2 Å². The third-order valence-corrected chi connectivity index (χ3v) is 10.4. The monoisotopic (exact) mass is 689 g/mol. The Morgan fingerprint density at radius 2 is 1.42 bits per heavy atom. The van der Waals surface area contributed by atoms with Crippen molar-refractivity contribution in [3.8, 4) is 11.5 Å². The average Bonchev–Trinajstić information content (AvgIpc) is 3.16. The normalized spacial score (nSPS) is 19.0. The van der Waals surface area contributed by atoms with Crippen LogP contribution in [0.1, 0.15) is 63.6 Å². The lowest BCUT2D eigenvalue weighted by Gasteiger charge is -2.44. The lowest BCUT2D eigenvalue weighted by Crippen LogP contribution is -2.54. The van der Waals surface area contributed by atoms with Gasteiger partial charge in [0.05, 0.1) is 12.8 Å². The zero-order valence-corrected chi connectivity index (χ0v) is 29.2. The molecule has 1 saturated heterocycles. The zero-order valence-electron chi connectivity index (χ0n) is 29.2. The molecule has 8 nitrogen and oxygen atoms in total. The van der Waals surface area contributed by atoms with Crippen LogP contribution in [0.4, 0.5) is 16.2 Å². The number of barbiturate groups is 1. The van der Waals surface area contributed by atoms with Crippen LogP contribution >= 0.6 is 0 Å². The van der Waals surface area contributed by atoms with E-state index in [1.807, 2.05) is 79.7 Å². The number of aryl methyl sites for hydroxylation is 1. The number of urea groups is 1. The molecular formula is C44H39N3O5. The summed E-state index contributed by atoms with van der Waals surface area (Å²) < 4.78 is 11.7. The maximum Gasteiger partial charge on any atom is 0.335 e. The van der Waals surface area contributed by atoms with Crippen LogP contribution in [0.3, 0.4) is 0 Å². The van der Waals surface area contributed by atoms with E-state index in [4.69, 9.17) is 9.47 Å². The fourth-order valence-electron chi connectivity index (χ4n) is 7.86. The van der Waals surface area contributed by atoms with Gasteiger partial charge < -0.3 is 14.4 Å². The van der Waals surface area contributed by atoms with E-state index in [2.05, 4.69) is 34.5 Å². The largest absolute Gasteiger partial charge is 0.497 e. The summed E-state index contributed by atoms with van der Waals surface area (Å²) in [7, 11) is 1.56. The molecule has 0 radical (unpaired) electrons. The van der Waals surface area contributed by atoms with Gasteiger partial charge in [0.1, 0.15) is 23.7 Å². The van der Waals surface area contributed by atoms with E-state index in [0.29, 0.717) is 22.7 Å². The number of benzene rings is 5. The molecule has 3 heterocycles. The Labute approximate surface area is 303 Å². The molecule has 260 valence electrons. The Balaban J connectivity index is 1.22. The Morgan fingerprint density at radius 3 is 2.04 bits per heavy atom. The molecule has 8 rings (SSSR count). The summed E-state index contributed by atoms with van der Waals surface area (Å²) in [4.78, 5) is 45.1. The van der Waals surface area contributed by atoms with Gasteiger partial charge in [-0.15, -0.1) is 0 Å². The number of amides is 4. The first kappa shape index (κ1) is 33.0. The predicted octanol–water partition coefficient (Wildman–Crippen LogP) is 8.13. The second kappa shape index (κ2) is 13.9. The zero-order chi connectivity index (χ0) is 35.8. The maximum atomic E-state index is 14.5. The number of anilines is 2. The van der Waals surface area contributed by atoms with Crippen LogP contribution in [0.2, 0.25) is 0 Å². The number of hydrogen-bond donors (Lipinski definition) is 1. The van der Waals surface area contributed by atoms with Crippen molar-refractivity contribution in [1.29, 1.82) is 0 Å². The van der Waals surface area contributed by atoms with Gasteiger partial charge in [-0.1, -0.05) is 90.5 Å². The predicted molar refractivity (Wildman–Crippen MR) is 202 cm³/mol. The Kier molecular flexibility index (Phi) is 8.81. The lowest BCUT2D eigenvalue weighted by molar-refractivity contribution is -0.122. The highest BCUT2D eigenvalue weighted by atomic mass is 16.5. The van der Waals surface area contributed by atoms with Crippen molar-refractivity contribution in [2.75, 3.05) is 30.0 Å². The van der Waals surface area contributed by atoms with Crippen LogP contribution < -0.4 is 24.6 Å². The van der Waals surface area contributed by atoms with Gasteiger partial charge in [0.2, 0.25) is 0 Å². The highest BCUT2D eigenvalue weighted by Gasteiger charge is 2.40. The number of rotatable bonds is 8. The van der Waals surface area contributed by atoms with Crippen molar-refractivity contribution in [2.45, 2.75) is 38.2 Å². The molecule has 3 aliphatic heterocycles. The molecule has 0 spiro atoms. The first-order valence-electron chi connectivity index (χ1n) is 17.7. The number of carbonyl (C=O) groups excluding carboxylic acids is 3. The average molecular weight is 690 g/mol. The standard InChI is InChI=1S/C44H39N3O5/c1-28-10-9-11-29(22-28)27-52-40-26-34(51-2)17-16-32(40)23-39-42(48)45-44(50)47(43(39)49)33-24-37-35(30-12-5-3-6-13-30)18-20-46-21-19-36(38(25-33)41(37)46)31-14-7-4-8-15-31/h3-17,22-26,35-36H,18-21,27H2,1-2H3,(H,45,48,50)/b39-23+/t35-,36-/m0/s1. The van der Waals surface area contributed by atoms with Crippen molar-refractivity contribution in [3.05, 3.63) is 160 Å². The van der Waals surface area contributed by atoms with Crippen LogP contribution in [0, 0.1) is 6.92 Å². The number of nitrogens with zero attached hydrogens (tertiary/aromatic N) is 2. The van der Waals surface area contributed by atoms with Gasteiger partial charge in [0, 0.05) is 42.2 Å². The minimum Gasteiger partial charge on any atom is -0.497 e. The summed E-state index contributed by atoms with van der Waals surface area (Å²) in [6.45, 7) is 4.13. The van der Waals surface area contributed by atoms with Crippen molar-refractivity contribution in [1.82, 2.24) is 5.32 Å². The van der Waals surface area contributed by atoms with E-state index in [0.717, 1.165) is 53.1 Å². The minimum atomic E-state index is -0.777. The second-order valence-electron chi connectivity index (χ2n) is 13.6. The van der Waals surface area contributed by atoms with E-state index in [-0.39, 0.29) is 24.0 Å². The second-order valence-corrected chi connectivity index (χ2v) is 13.6. The quantitative estimate of drug-likeness (QED) is 0.131. The lowest BCUT2D eigenvalue weighted by atomic mass is 9.76. The number of methoxy groups -OCH3 is 1. The van der Waals surface area contributed by atoms with Crippen molar-refractivity contribution in [2.24, 2.45) is 0 Å². The molecule has 0 aliphatic carbocycles. The van der Waals surface area contributed by atoms with Crippen LogP contribution in [0.25, 0.3) is 6.08 Å². The van der Waals surface area contributed by atoms with E-state index >= 15 is 0 Å². The van der Waals surface area contributed by atoms with Crippen LogP contribution in [-0.4, -0.2) is 38.0 Å². The van der Waals surface area contributed by atoms with Crippen molar-refractivity contribution >= 4 is 35.3 Å². The molecule has 1 fully saturated rings. The topological polar surface area (TPSA) is 88.2 Å². The smallest absolute Gasteiger partial charge is 0.335 e. The molecule has 0 unspecified atom stereocenters. The van der Waals surface area contributed by atoms with E-state index < -0.39 is 17.8 Å². The fourth-order valence-corrected chi connectivity index (χ4v) is 7.86. The van der Waals surface area contributed by atoms with Gasteiger partial charge in [-0.25, -0.2) is 9.69 Å². The third kappa shape index (κ3) is 6.21. The molecule has 1 N–H and O–H groups in total. The van der Waals surface area contributed by atoms with Crippen molar-refractivity contribution < 1.29 is 23.9 Å². The fraction of sp³-hybridized carbons (Fsp3) is 0.205. The van der Waals surface area contributed by atoms with Gasteiger partial charge in [-0.3, -0.25) is 14.9 Å². The number of imide groups is 2.